The zero-order valence-electron chi connectivity index (χ0n) is 15.8. The van der Waals surface area contributed by atoms with Crippen molar-refractivity contribution in [1.29, 1.82) is 0 Å². The monoisotopic (exact) mass is 398 g/mol. The fourth-order valence-corrected chi connectivity index (χ4v) is 4.47. The van der Waals surface area contributed by atoms with Crippen LogP contribution in [-0.2, 0) is 0 Å². The summed E-state index contributed by atoms with van der Waals surface area (Å²) in [6, 6.07) is 15.3. The molecule has 0 amide bonds. The molecule has 2 nitrogen and oxygen atoms in total. The van der Waals surface area contributed by atoms with Gasteiger partial charge in [0.2, 0.25) is 0 Å². The van der Waals surface area contributed by atoms with E-state index in [2.05, 4.69) is 78.6 Å². The Hall–Kier alpha value is -1.61. The quantitative estimate of drug-likeness (QED) is 0.525. The van der Waals surface area contributed by atoms with Crippen molar-refractivity contribution in [2.45, 2.75) is 58.5 Å². The summed E-state index contributed by atoms with van der Waals surface area (Å²) in [4.78, 5) is 7.18. The van der Waals surface area contributed by atoms with Gasteiger partial charge >= 0.3 is 0 Å². The van der Waals surface area contributed by atoms with E-state index in [1.165, 1.54) is 17.7 Å². The van der Waals surface area contributed by atoms with E-state index in [1.807, 2.05) is 30.5 Å². The van der Waals surface area contributed by atoms with Gasteiger partial charge in [-0.05, 0) is 87.6 Å². The van der Waals surface area contributed by atoms with Crippen LogP contribution >= 0.6 is 15.9 Å². The molecule has 1 aliphatic rings. The lowest BCUT2D eigenvalue weighted by atomic mass is 9.79. The van der Waals surface area contributed by atoms with E-state index in [-0.39, 0.29) is 5.54 Å². The van der Waals surface area contributed by atoms with E-state index in [0.29, 0.717) is 12.0 Å². The first-order chi connectivity index (χ1) is 11.8. The minimum Gasteiger partial charge on any atom is -0.364 e. The number of aliphatic imine (C=N–C) groups is 1. The maximum absolute atomic E-state index is 4.61. The van der Waals surface area contributed by atoms with E-state index in [0.717, 1.165) is 15.7 Å². The van der Waals surface area contributed by atoms with Gasteiger partial charge in [0.25, 0.3) is 0 Å². The molecule has 0 aromatic heterocycles. The molecular formula is C22H27BrN2. The molecule has 25 heavy (non-hydrogen) atoms. The maximum atomic E-state index is 4.61. The SMILES string of the molecule is CC1CC(C)(C)N(C(C)C)c2ccc(C=Nc3ccc(Br)cc3)cc21. The van der Waals surface area contributed by atoms with Crippen molar-refractivity contribution in [3.63, 3.8) is 0 Å². The summed E-state index contributed by atoms with van der Waals surface area (Å²) in [5, 5.41) is 0. The molecule has 0 bridgehead atoms. The molecule has 0 spiro atoms. The Kier molecular flexibility index (Phi) is 5.06. The van der Waals surface area contributed by atoms with Gasteiger partial charge in [0.15, 0.2) is 0 Å². The molecule has 2 aromatic carbocycles. The highest BCUT2D eigenvalue weighted by Crippen LogP contribution is 2.44. The molecule has 1 aliphatic heterocycles. The fourth-order valence-electron chi connectivity index (χ4n) is 4.20. The molecule has 1 unspecified atom stereocenters. The van der Waals surface area contributed by atoms with Gasteiger partial charge in [0, 0.05) is 28.0 Å². The van der Waals surface area contributed by atoms with Gasteiger partial charge in [-0.2, -0.15) is 0 Å². The number of benzene rings is 2. The number of hydrogen-bond acceptors (Lipinski definition) is 2. The van der Waals surface area contributed by atoms with Crippen LogP contribution in [0.3, 0.4) is 0 Å². The smallest absolute Gasteiger partial charge is 0.0630 e. The van der Waals surface area contributed by atoms with Crippen LogP contribution in [-0.4, -0.2) is 17.8 Å². The van der Waals surface area contributed by atoms with E-state index >= 15 is 0 Å². The zero-order valence-corrected chi connectivity index (χ0v) is 17.3. The number of rotatable bonds is 3. The molecule has 3 heteroatoms. The molecule has 132 valence electrons. The number of nitrogens with zero attached hydrogens (tertiary/aromatic N) is 2. The van der Waals surface area contributed by atoms with E-state index in [1.54, 1.807) is 0 Å². The van der Waals surface area contributed by atoms with E-state index in [9.17, 15) is 0 Å². The predicted octanol–water partition coefficient (Wildman–Crippen LogP) is 6.70. The van der Waals surface area contributed by atoms with Crippen molar-refractivity contribution in [1.82, 2.24) is 0 Å². The van der Waals surface area contributed by atoms with E-state index in [4.69, 9.17) is 0 Å². The van der Waals surface area contributed by atoms with Gasteiger partial charge in [-0.15, -0.1) is 0 Å². The van der Waals surface area contributed by atoms with Crippen molar-refractivity contribution in [3.8, 4) is 0 Å². The van der Waals surface area contributed by atoms with Gasteiger partial charge in [0.05, 0.1) is 5.69 Å². The molecule has 0 radical (unpaired) electrons. The van der Waals surface area contributed by atoms with Gasteiger partial charge in [-0.1, -0.05) is 28.9 Å². The average Bonchev–Trinajstić information content (AvgIpc) is 2.53. The Bertz CT molecular complexity index is 775. The number of hydrogen-bond donors (Lipinski definition) is 0. The molecule has 2 aromatic rings. The number of fused-ring (bicyclic) bond motifs is 1. The second-order valence-electron chi connectivity index (χ2n) is 7.93. The zero-order chi connectivity index (χ0) is 18.2. The van der Waals surface area contributed by atoms with Gasteiger partial charge < -0.3 is 4.90 Å². The number of anilines is 1. The van der Waals surface area contributed by atoms with Gasteiger partial charge in [0.1, 0.15) is 0 Å². The first-order valence-electron chi connectivity index (χ1n) is 9.01. The lowest BCUT2D eigenvalue weighted by Crippen LogP contribution is -2.51. The van der Waals surface area contributed by atoms with Crippen LogP contribution < -0.4 is 4.90 Å². The molecule has 0 fully saturated rings. The van der Waals surface area contributed by atoms with Crippen LogP contribution in [0.4, 0.5) is 11.4 Å². The standard InChI is InChI=1S/C22H27BrN2/c1-15(2)25-21-11-6-17(12-20(21)16(3)13-22(25,4)5)14-24-19-9-7-18(23)8-10-19/h6-12,14-16H,13H2,1-5H3. The molecule has 0 N–H and O–H groups in total. The first kappa shape index (κ1) is 18.2. The summed E-state index contributed by atoms with van der Waals surface area (Å²) in [5.74, 6) is 0.557. The van der Waals surface area contributed by atoms with E-state index < -0.39 is 0 Å². The Morgan fingerprint density at radius 3 is 2.48 bits per heavy atom. The Labute approximate surface area is 160 Å². The van der Waals surface area contributed by atoms with Crippen molar-refractivity contribution in [2.75, 3.05) is 4.90 Å². The summed E-state index contributed by atoms with van der Waals surface area (Å²) in [5.41, 5.74) is 5.14. The third-order valence-corrected chi connectivity index (χ3v) is 5.53. The van der Waals surface area contributed by atoms with Crippen molar-refractivity contribution in [3.05, 3.63) is 58.1 Å². The summed E-state index contributed by atoms with van der Waals surface area (Å²) in [6.45, 7) is 11.6. The first-order valence-corrected chi connectivity index (χ1v) is 9.80. The second-order valence-corrected chi connectivity index (χ2v) is 8.85. The van der Waals surface area contributed by atoms with Crippen LogP contribution in [0.5, 0.6) is 0 Å². The minimum absolute atomic E-state index is 0.188. The molecule has 1 atom stereocenters. The van der Waals surface area contributed by atoms with Gasteiger partial charge in [-0.3, -0.25) is 4.99 Å². The van der Waals surface area contributed by atoms with Crippen LogP contribution in [0.1, 0.15) is 58.1 Å². The van der Waals surface area contributed by atoms with Crippen LogP contribution in [0.2, 0.25) is 0 Å². The molecule has 0 aliphatic carbocycles. The lowest BCUT2D eigenvalue weighted by molar-refractivity contribution is 0.356. The molecule has 3 rings (SSSR count). The summed E-state index contributed by atoms with van der Waals surface area (Å²) in [7, 11) is 0. The third kappa shape index (κ3) is 3.82. The Morgan fingerprint density at radius 1 is 1.16 bits per heavy atom. The van der Waals surface area contributed by atoms with Crippen molar-refractivity contribution < 1.29 is 0 Å². The third-order valence-electron chi connectivity index (χ3n) is 5.01. The average molecular weight is 399 g/mol. The lowest BCUT2D eigenvalue weighted by Gasteiger charge is -2.50. The highest BCUT2D eigenvalue weighted by molar-refractivity contribution is 9.10. The second kappa shape index (κ2) is 6.95. The van der Waals surface area contributed by atoms with Crippen molar-refractivity contribution >= 4 is 33.5 Å². The van der Waals surface area contributed by atoms with Crippen LogP contribution in [0.25, 0.3) is 0 Å². The molecule has 0 saturated heterocycles. The normalized spacial score (nSPS) is 19.5. The largest absolute Gasteiger partial charge is 0.364 e. The summed E-state index contributed by atoms with van der Waals surface area (Å²) in [6.07, 6.45) is 3.14. The fraction of sp³-hybridized carbons (Fsp3) is 0.409. The highest BCUT2D eigenvalue weighted by atomic mass is 79.9. The summed E-state index contributed by atoms with van der Waals surface area (Å²) >= 11 is 3.46. The molecule has 1 heterocycles. The molecule has 0 saturated carbocycles. The number of halogens is 1. The van der Waals surface area contributed by atoms with Crippen LogP contribution in [0.15, 0.2) is 51.9 Å². The van der Waals surface area contributed by atoms with Crippen LogP contribution in [0, 0.1) is 0 Å². The van der Waals surface area contributed by atoms with Gasteiger partial charge in [-0.25, -0.2) is 0 Å². The Morgan fingerprint density at radius 2 is 1.84 bits per heavy atom. The topological polar surface area (TPSA) is 15.6 Å². The van der Waals surface area contributed by atoms with Crippen molar-refractivity contribution in [2.24, 2.45) is 4.99 Å². The minimum atomic E-state index is 0.188. The highest BCUT2D eigenvalue weighted by Gasteiger charge is 2.37. The predicted molar refractivity (Wildman–Crippen MR) is 113 cm³/mol. The molecular weight excluding hydrogens is 372 g/mol. The summed E-state index contributed by atoms with van der Waals surface area (Å²) < 4.78 is 1.07. The Balaban J connectivity index is 1.93. The maximum Gasteiger partial charge on any atom is 0.0630 e.